The monoisotopic (exact) mass is 284 g/mol. The molecule has 1 aromatic rings. The Balaban J connectivity index is 1.44. The van der Waals surface area contributed by atoms with Gasteiger partial charge < -0.3 is 4.74 Å². The van der Waals surface area contributed by atoms with Gasteiger partial charge in [0.05, 0.1) is 5.41 Å². The lowest BCUT2D eigenvalue weighted by Crippen LogP contribution is -2.50. The second kappa shape index (κ2) is 4.86. The molecular weight excluding hydrogens is 260 g/mol. The molecule has 21 heavy (non-hydrogen) atoms. The van der Waals surface area contributed by atoms with Gasteiger partial charge in [-0.15, -0.1) is 0 Å². The highest BCUT2D eigenvalue weighted by Gasteiger charge is 2.55. The van der Waals surface area contributed by atoms with E-state index in [9.17, 15) is 4.79 Å². The van der Waals surface area contributed by atoms with E-state index in [4.69, 9.17) is 4.74 Å². The van der Waals surface area contributed by atoms with E-state index in [0.29, 0.717) is 6.61 Å². The smallest absolute Gasteiger partial charge is 0.312 e. The zero-order valence-corrected chi connectivity index (χ0v) is 12.8. The van der Waals surface area contributed by atoms with E-state index in [1.165, 1.54) is 24.8 Å². The lowest BCUT2D eigenvalue weighted by Gasteiger charge is -2.55. The summed E-state index contributed by atoms with van der Waals surface area (Å²) in [4.78, 5) is 12.7. The van der Waals surface area contributed by atoms with E-state index in [-0.39, 0.29) is 11.4 Å². The topological polar surface area (TPSA) is 26.3 Å². The van der Waals surface area contributed by atoms with Gasteiger partial charge in [0.1, 0.15) is 6.61 Å². The van der Waals surface area contributed by atoms with E-state index in [0.717, 1.165) is 42.6 Å². The van der Waals surface area contributed by atoms with Crippen molar-refractivity contribution in [3.8, 4) is 0 Å². The van der Waals surface area contributed by atoms with Gasteiger partial charge in [0.15, 0.2) is 0 Å². The first-order chi connectivity index (χ1) is 10.1. The summed E-state index contributed by atoms with van der Waals surface area (Å²) in [7, 11) is 0. The number of hydrogen-bond donors (Lipinski definition) is 0. The molecule has 4 aliphatic rings. The Hall–Kier alpha value is -1.31. The zero-order valence-electron chi connectivity index (χ0n) is 12.8. The molecule has 4 saturated carbocycles. The fourth-order valence-electron chi connectivity index (χ4n) is 5.35. The van der Waals surface area contributed by atoms with Gasteiger partial charge >= 0.3 is 5.97 Å². The molecule has 2 nitrogen and oxygen atoms in total. The Labute approximate surface area is 126 Å². The van der Waals surface area contributed by atoms with Gasteiger partial charge in [-0.05, 0) is 68.8 Å². The van der Waals surface area contributed by atoms with Crippen molar-refractivity contribution in [3.05, 3.63) is 35.4 Å². The van der Waals surface area contributed by atoms with Gasteiger partial charge in [-0.2, -0.15) is 0 Å². The molecule has 1 aromatic carbocycles. The second-order valence-corrected chi connectivity index (χ2v) is 7.76. The number of hydrogen-bond acceptors (Lipinski definition) is 2. The van der Waals surface area contributed by atoms with Crippen molar-refractivity contribution >= 4 is 5.97 Å². The van der Waals surface area contributed by atoms with E-state index in [1.54, 1.807) is 0 Å². The summed E-state index contributed by atoms with van der Waals surface area (Å²) >= 11 is 0. The van der Waals surface area contributed by atoms with Crippen LogP contribution in [0.4, 0.5) is 0 Å². The summed E-state index contributed by atoms with van der Waals surface area (Å²) < 4.78 is 5.71. The normalized spacial score (nSPS) is 36.7. The highest BCUT2D eigenvalue weighted by Crippen LogP contribution is 2.60. The fraction of sp³-hybridized carbons (Fsp3) is 0.632. The number of carbonyl (C=O) groups is 1. The van der Waals surface area contributed by atoms with Crippen molar-refractivity contribution in [2.24, 2.45) is 23.2 Å². The van der Waals surface area contributed by atoms with Crippen LogP contribution in [0.3, 0.4) is 0 Å². The molecule has 0 spiro atoms. The average Bonchev–Trinajstić information content (AvgIpc) is 2.45. The highest BCUT2D eigenvalue weighted by atomic mass is 16.5. The van der Waals surface area contributed by atoms with Crippen LogP contribution in [-0.2, 0) is 16.1 Å². The fourth-order valence-corrected chi connectivity index (χ4v) is 5.35. The van der Waals surface area contributed by atoms with Crippen LogP contribution in [0.5, 0.6) is 0 Å². The lowest BCUT2D eigenvalue weighted by atomic mass is 9.49. The van der Waals surface area contributed by atoms with Crippen LogP contribution >= 0.6 is 0 Å². The molecule has 0 radical (unpaired) electrons. The number of ether oxygens (including phenoxy) is 1. The molecule has 2 heteroatoms. The van der Waals surface area contributed by atoms with Gasteiger partial charge in [0, 0.05) is 0 Å². The first kappa shape index (κ1) is 13.4. The summed E-state index contributed by atoms with van der Waals surface area (Å²) in [5, 5.41) is 0. The molecule has 0 aliphatic heterocycles. The molecule has 0 unspecified atom stereocenters. The first-order valence-electron chi connectivity index (χ1n) is 8.36. The van der Waals surface area contributed by atoms with Crippen molar-refractivity contribution in [2.75, 3.05) is 0 Å². The molecule has 0 N–H and O–H groups in total. The second-order valence-electron chi connectivity index (χ2n) is 7.76. The minimum atomic E-state index is -0.126. The van der Waals surface area contributed by atoms with E-state index >= 15 is 0 Å². The minimum absolute atomic E-state index is 0.0853. The van der Waals surface area contributed by atoms with Gasteiger partial charge in [0.2, 0.25) is 0 Å². The summed E-state index contributed by atoms with van der Waals surface area (Å²) in [6.07, 6.45) is 7.36. The molecular formula is C19H24O2. The quantitative estimate of drug-likeness (QED) is 0.775. The predicted molar refractivity (Wildman–Crippen MR) is 81.6 cm³/mol. The van der Waals surface area contributed by atoms with Crippen LogP contribution in [0.15, 0.2) is 24.3 Å². The van der Waals surface area contributed by atoms with Gasteiger partial charge in [-0.25, -0.2) is 0 Å². The predicted octanol–water partition coefficient (Wildman–Crippen LogP) is 4.25. The van der Waals surface area contributed by atoms with E-state index < -0.39 is 0 Å². The molecule has 4 aliphatic carbocycles. The van der Waals surface area contributed by atoms with Gasteiger partial charge in [-0.3, -0.25) is 4.79 Å². The molecule has 4 bridgehead atoms. The van der Waals surface area contributed by atoms with Crippen LogP contribution in [0, 0.1) is 30.1 Å². The SMILES string of the molecule is Cc1ccc(COC(=O)C23CC4CC(CC(C4)C2)C3)cc1. The third kappa shape index (κ3) is 2.39. The van der Waals surface area contributed by atoms with Crippen LogP contribution in [0.2, 0.25) is 0 Å². The van der Waals surface area contributed by atoms with E-state index in [1.807, 2.05) is 0 Å². The maximum atomic E-state index is 12.7. The van der Waals surface area contributed by atoms with Crippen LogP contribution < -0.4 is 0 Å². The standard InChI is InChI=1S/C19H24O2/c1-13-2-4-14(5-3-13)12-21-18(20)19-9-15-6-16(10-19)8-17(7-15)11-19/h2-5,15-17H,6-12H2,1H3. The number of carbonyl (C=O) groups excluding carboxylic acids is 1. The molecule has 0 heterocycles. The summed E-state index contributed by atoms with van der Waals surface area (Å²) in [6.45, 7) is 2.51. The Bertz CT molecular complexity index is 508. The maximum absolute atomic E-state index is 12.7. The Morgan fingerprint density at radius 3 is 2.10 bits per heavy atom. The molecule has 112 valence electrons. The summed E-state index contributed by atoms with van der Waals surface area (Å²) in [6, 6.07) is 8.27. The number of aryl methyl sites for hydroxylation is 1. The maximum Gasteiger partial charge on any atom is 0.312 e. The lowest BCUT2D eigenvalue weighted by molar-refractivity contribution is -0.172. The molecule has 0 amide bonds. The molecule has 4 fully saturated rings. The van der Waals surface area contributed by atoms with Crippen molar-refractivity contribution in [1.29, 1.82) is 0 Å². The van der Waals surface area contributed by atoms with E-state index in [2.05, 4.69) is 31.2 Å². The van der Waals surface area contributed by atoms with Gasteiger partial charge in [-0.1, -0.05) is 29.8 Å². The van der Waals surface area contributed by atoms with Crippen molar-refractivity contribution in [2.45, 2.75) is 52.1 Å². The van der Waals surface area contributed by atoms with Crippen molar-refractivity contribution < 1.29 is 9.53 Å². The molecule has 0 saturated heterocycles. The third-order valence-electron chi connectivity index (χ3n) is 5.96. The van der Waals surface area contributed by atoms with Crippen LogP contribution in [0.1, 0.15) is 49.7 Å². The van der Waals surface area contributed by atoms with Crippen LogP contribution in [-0.4, -0.2) is 5.97 Å². The minimum Gasteiger partial charge on any atom is -0.460 e. The van der Waals surface area contributed by atoms with Crippen LogP contribution in [0.25, 0.3) is 0 Å². The first-order valence-corrected chi connectivity index (χ1v) is 8.36. The third-order valence-corrected chi connectivity index (χ3v) is 5.96. The molecule has 0 atom stereocenters. The number of esters is 1. The van der Waals surface area contributed by atoms with Crippen molar-refractivity contribution in [1.82, 2.24) is 0 Å². The summed E-state index contributed by atoms with van der Waals surface area (Å²) in [5.74, 6) is 2.47. The Kier molecular flexibility index (Phi) is 3.09. The highest BCUT2D eigenvalue weighted by molar-refractivity contribution is 5.77. The molecule has 5 rings (SSSR count). The summed E-state index contributed by atoms with van der Waals surface area (Å²) in [5.41, 5.74) is 2.21. The Morgan fingerprint density at radius 2 is 1.57 bits per heavy atom. The molecule has 0 aromatic heterocycles. The average molecular weight is 284 g/mol. The number of benzene rings is 1. The zero-order chi connectivity index (χ0) is 14.4. The Morgan fingerprint density at radius 1 is 1.05 bits per heavy atom. The van der Waals surface area contributed by atoms with Gasteiger partial charge in [0.25, 0.3) is 0 Å². The van der Waals surface area contributed by atoms with Crippen molar-refractivity contribution in [3.63, 3.8) is 0 Å². The largest absolute Gasteiger partial charge is 0.460 e. The number of rotatable bonds is 3.